The van der Waals surface area contributed by atoms with Crippen LogP contribution in [0.2, 0.25) is 0 Å². The maximum absolute atomic E-state index is 11.8. The van der Waals surface area contributed by atoms with E-state index in [4.69, 9.17) is 0 Å². The highest BCUT2D eigenvalue weighted by Crippen LogP contribution is 2.10. The summed E-state index contributed by atoms with van der Waals surface area (Å²) >= 11 is 1.67. The number of hydrogen-bond donors (Lipinski definition) is 4. The average molecular weight is 347 g/mol. The molecule has 7 heteroatoms. The number of phenols is 1. The standard InChI is InChI=1S/C17H21N3O3S/c21-14-5-1-4-13(12-14)16(22)18-8-3-9-19-17(23)20-10-7-15-6-2-11-24-15/h1-2,4-6,11-12,21H,3,7-10H2,(H,18,22)(H2,19,20,23). The van der Waals surface area contributed by atoms with Crippen molar-refractivity contribution in [2.24, 2.45) is 0 Å². The number of carbonyl (C=O) groups is 2. The van der Waals surface area contributed by atoms with Crippen LogP contribution in [0.1, 0.15) is 21.7 Å². The first-order chi connectivity index (χ1) is 11.6. The predicted octanol–water partition coefficient (Wildman–Crippen LogP) is 2.12. The summed E-state index contributed by atoms with van der Waals surface area (Å²) < 4.78 is 0. The molecule has 0 spiro atoms. The Kier molecular flexibility index (Phi) is 7.10. The molecule has 6 nitrogen and oxygen atoms in total. The quantitative estimate of drug-likeness (QED) is 0.551. The third-order valence-corrected chi connectivity index (χ3v) is 4.21. The first-order valence-corrected chi connectivity index (χ1v) is 8.64. The highest BCUT2D eigenvalue weighted by Gasteiger charge is 2.05. The van der Waals surface area contributed by atoms with Gasteiger partial charge in [0.25, 0.3) is 5.91 Å². The molecular formula is C17H21N3O3S. The molecule has 3 amide bonds. The smallest absolute Gasteiger partial charge is 0.314 e. The molecule has 0 atom stereocenters. The van der Waals surface area contributed by atoms with E-state index >= 15 is 0 Å². The van der Waals surface area contributed by atoms with E-state index in [1.54, 1.807) is 23.5 Å². The number of hydrogen-bond acceptors (Lipinski definition) is 4. The van der Waals surface area contributed by atoms with Crippen LogP contribution in [0.25, 0.3) is 0 Å². The number of carbonyl (C=O) groups excluding carboxylic acids is 2. The molecule has 0 aliphatic carbocycles. The van der Waals surface area contributed by atoms with Gasteiger partial charge in [-0.15, -0.1) is 11.3 Å². The first kappa shape index (κ1) is 17.8. The zero-order valence-electron chi connectivity index (χ0n) is 13.2. The topological polar surface area (TPSA) is 90.5 Å². The van der Waals surface area contributed by atoms with E-state index in [0.29, 0.717) is 31.6 Å². The zero-order chi connectivity index (χ0) is 17.2. The number of nitrogens with one attached hydrogen (secondary N) is 3. The van der Waals surface area contributed by atoms with E-state index in [1.807, 2.05) is 17.5 Å². The zero-order valence-corrected chi connectivity index (χ0v) is 14.1. The van der Waals surface area contributed by atoms with Crippen LogP contribution in [-0.2, 0) is 6.42 Å². The van der Waals surface area contributed by atoms with E-state index in [2.05, 4.69) is 16.0 Å². The van der Waals surface area contributed by atoms with Gasteiger partial charge in [0.1, 0.15) is 5.75 Å². The molecule has 0 saturated carbocycles. The van der Waals surface area contributed by atoms with Crippen molar-refractivity contribution in [2.45, 2.75) is 12.8 Å². The lowest BCUT2D eigenvalue weighted by atomic mass is 10.2. The fourth-order valence-corrected chi connectivity index (χ4v) is 2.77. The van der Waals surface area contributed by atoms with Gasteiger partial charge in [-0.2, -0.15) is 0 Å². The van der Waals surface area contributed by atoms with Crippen LogP contribution in [0, 0.1) is 0 Å². The minimum atomic E-state index is -0.244. The fourth-order valence-electron chi connectivity index (χ4n) is 2.06. The van der Waals surface area contributed by atoms with Gasteiger partial charge >= 0.3 is 6.03 Å². The van der Waals surface area contributed by atoms with Crippen molar-refractivity contribution >= 4 is 23.3 Å². The van der Waals surface area contributed by atoms with Gasteiger partial charge in [0, 0.05) is 30.1 Å². The Bertz CT molecular complexity index is 659. The van der Waals surface area contributed by atoms with E-state index < -0.39 is 0 Å². The van der Waals surface area contributed by atoms with Crippen LogP contribution in [0.4, 0.5) is 4.79 Å². The molecule has 0 bridgehead atoms. The van der Waals surface area contributed by atoms with Crippen LogP contribution in [-0.4, -0.2) is 36.7 Å². The van der Waals surface area contributed by atoms with Crippen molar-refractivity contribution in [3.05, 3.63) is 52.2 Å². The van der Waals surface area contributed by atoms with Crippen LogP contribution in [0.5, 0.6) is 5.75 Å². The number of amides is 3. The summed E-state index contributed by atoms with van der Waals surface area (Å²) in [5, 5.41) is 19.6. The Balaban J connectivity index is 1.52. The predicted molar refractivity (Wildman–Crippen MR) is 94.5 cm³/mol. The summed E-state index contributed by atoms with van der Waals surface area (Å²) in [6, 6.07) is 10.0. The van der Waals surface area contributed by atoms with Crippen LogP contribution in [0.3, 0.4) is 0 Å². The molecule has 0 radical (unpaired) electrons. The molecule has 0 saturated heterocycles. The van der Waals surface area contributed by atoms with Gasteiger partial charge in [-0.25, -0.2) is 4.79 Å². The van der Waals surface area contributed by atoms with Gasteiger partial charge in [-0.1, -0.05) is 12.1 Å². The Labute approximate surface area is 144 Å². The SMILES string of the molecule is O=C(NCCCNC(=O)c1cccc(O)c1)NCCc1cccs1. The maximum atomic E-state index is 11.8. The minimum Gasteiger partial charge on any atom is -0.508 e. The van der Waals surface area contributed by atoms with Crippen molar-refractivity contribution in [2.75, 3.05) is 19.6 Å². The first-order valence-electron chi connectivity index (χ1n) is 7.76. The van der Waals surface area contributed by atoms with Gasteiger partial charge in [0.2, 0.25) is 0 Å². The van der Waals surface area contributed by atoms with Crippen molar-refractivity contribution < 1.29 is 14.7 Å². The molecule has 4 N–H and O–H groups in total. The second-order valence-electron chi connectivity index (χ2n) is 5.17. The number of phenolic OH excluding ortho intramolecular Hbond substituents is 1. The van der Waals surface area contributed by atoms with E-state index in [-0.39, 0.29) is 17.7 Å². The lowest BCUT2D eigenvalue weighted by Gasteiger charge is -2.08. The van der Waals surface area contributed by atoms with Gasteiger partial charge < -0.3 is 21.1 Å². The summed E-state index contributed by atoms with van der Waals surface area (Å²) in [7, 11) is 0. The lowest BCUT2D eigenvalue weighted by Crippen LogP contribution is -2.38. The average Bonchev–Trinajstić information content (AvgIpc) is 3.07. The highest BCUT2D eigenvalue weighted by atomic mass is 32.1. The summed E-state index contributed by atoms with van der Waals surface area (Å²) in [6.45, 7) is 1.52. The normalized spacial score (nSPS) is 10.2. The molecule has 24 heavy (non-hydrogen) atoms. The van der Waals surface area contributed by atoms with Crippen molar-refractivity contribution in [1.29, 1.82) is 0 Å². The van der Waals surface area contributed by atoms with Crippen molar-refractivity contribution in [3.8, 4) is 5.75 Å². The van der Waals surface area contributed by atoms with Crippen molar-refractivity contribution in [1.82, 2.24) is 16.0 Å². The molecule has 0 aliphatic rings. The lowest BCUT2D eigenvalue weighted by molar-refractivity contribution is 0.0953. The molecule has 2 rings (SSSR count). The molecule has 0 fully saturated rings. The summed E-state index contributed by atoms with van der Waals surface area (Å²) in [6.07, 6.45) is 1.45. The second kappa shape index (κ2) is 9.57. The molecular weight excluding hydrogens is 326 g/mol. The van der Waals surface area contributed by atoms with Gasteiger partial charge in [-0.05, 0) is 42.5 Å². The highest BCUT2D eigenvalue weighted by molar-refractivity contribution is 7.09. The Hall–Kier alpha value is -2.54. The molecule has 2 aromatic rings. The Morgan fingerprint density at radius 1 is 1.00 bits per heavy atom. The molecule has 0 unspecified atom stereocenters. The molecule has 1 aromatic heterocycles. The summed E-state index contributed by atoms with van der Waals surface area (Å²) in [4.78, 5) is 24.7. The van der Waals surface area contributed by atoms with Crippen LogP contribution in [0.15, 0.2) is 41.8 Å². The Morgan fingerprint density at radius 3 is 2.54 bits per heavy atom. The summed E-state index contributed by atoms with van der Waals surface area (Å²) in [5.74, 6) is -0.185. The van der Waals surface area contributed by atoms with Gasteiger partial charge in [0.05, 0.1) is 0 Å². The monoisotopic (exact) mass is 347 g/mol. The molecule has 1 aromatic carbocycles. The number of urea groups is 1. The van der Waals surface area contributed by atoms with Crippen LogP contribution >= 0.6 is 11.3 Å². The number of benzene rings is 1. The van der Waals surface area contributed by atoms with E-state index in [1.165, 1.54) is 17.0 Å². The third kappa shape index (κ3) is 6.29. The maximum Gasteiger partial charge on any atom is 0.314 e. The van der Waals surface area contributed by atoms with Crippen LogP contribution < -0.4 is 16.0 Å². The van der Waals surface area contributed by atoms with Gasteiger partial charge in [0.15, 0.2) is 0 Å². The largest absolute Gasteiger partial charge is 0.508 e. The third-order valence-electron chi connectivity index (χ3n) is 3.27. The molecule has 128 valence electrons. The minimum absolute atomic E-state index is 0.0588. The van der Waals surface area contributed by atoms with E-state index in [0.717, 1.165) is 6.42 Å². The summed E-state index contributed by atoms with van der Waals surface area (Å²) in [5.41, 5.74) is 0.411. The van der Waals surface area contributed by atoms with Crippen molar-refractivity contribution in [3.63, 3.8) is 0 Å². The number of rotatable bonds is 8. The van der Waals surface area contributed by atoms with E-state index in [9.17, 15) is 14.7 Å². The Morgan fingerprint density at radius 2 is 1.79 bits per heavy atom. The number of aromatic hydroxyl groups is 1. The van der Waals surface area contributed by atoms with Gasteiger partial charge in [-0.3, -0.25) is 4.79 Å². The molecule has 0 aliphatic heterocycles. The molecule has 1 heterocycles. The number of thiophene rings is 1. The second-order valence-corrected chi connectivity index (χ2v) is 6.20. The fraction of sp³-hybridized carbons (Fsp3) is 0.294.